The Balaban J connectivity index is 2.19. The van der Waals surface area contributed by atoms with E-state index in [9.17, 15) is 9.90 Å². The minimum atomic E-state index is -0.975. The number of rotatable bonds is 4. The summed E-state index contributed by atoms with van der Waals surface area (Å²) < 4.78 is 0. The van der Waals surface area contributed by atoms with Crippen molar-refractivity contribution in [2.24, 2.45) is 0 Å². The van der Waals surface area contributed by atoms with Crippen molar-refractivity contribution in [2.75, 3.05) is 5.32 Å². The summed E-state index contributed by atoms with van der Waals surface area (Å²) in [5.41, 5.74) is 2.29. The van der Waals surface area contributed by atoms with Crippen LogP contribution >= 0.6 is 0 Å². The van der Waals surface area contributed by atoms with E-state index in [0.29, 0.717) is 12.2 Å². The lowest BCUT2D eigenvalue weighted by Crippen LogP contribution is -2.06. The number of para-hydroxylation sites is 2. The normalized spacial score (nSPS) is 10.2. The summed E-state index contributed by atoms with van der Waals surface area (Å²) in [7, 11) is 0. The van der Waals surface area contributed by atoms with E-state index in [2.05, 4.69) is 5.32 Å². The Morgan fingerprint density at radius 3 is 2.63 bits per heavy atom. The van der Waals surface area contributed by atoms with Gasteiger partial charge in [-0.15, -0.1) is 0 Å². The molecule has 0 fully saturated rings. The fourth-order valence-corrected chi connectivity index (χ4v) is 1.88. The fraction of sp³-hybridized carbons (Fsp3) is 0.133. The quantitative estimate of drug-likeness (QED) is 0.787. The number of carboxylic acids is 1. The molecule has 4 nitrogen and oxygen atoms in total. The molecular weight excluding hydrogens is 242 g/mol. The summed E-state index contributed by atoms with van der Waals surface area (Å²) in [6, 6.07) is 12.2. The van der Waals surface area contributed by atoms with E-state index >= 15 is 0 Å². The lowest BCUT2D eigenvalue weighted by molar-refractivity contribution is 0.0698. The van der Waals surface area contributed by atoms with Crippen LogP contribution in [0.25, 0.3) is 0 Å². The number of nitrogens with one attached hydrogen (secondary N) is 1. The number of aryl methyl sites for hydroxylation is 1. The number of hydrogen-bond donors (Lipinski definition) is 3. The maximum Gasteiger partial charge on any atom is 0.337 e. The molecule has 0 amide bonds. The van der Waals surface area contributed by atoms with E-state index in [0.717, 1.165) is 11.1 Å². The average Bonchev–Trinajstić information content (AvgIpc) is 2.40. The van der Waals surface area contributed by atoms with Gasteiger partial charge >= 0.3 is 5.97 Å². The average molecular weight is 257 g/mol. The lowest BCUT2D eigenvalue weighted by Gasteiger charge is -2.11. The second-order valence-corrected chi connectivity index (χ2v) is 4.29. The SMILES string of the molecule is Cc1cccc(CNc2ccccc2C(=O)O)c1O. The molecule has 0 saturated heterocycles. The lowest BCUT2D eigenvalue weighted by atomic mass is 10.1. The van der Waals surface area contributed by atoms with Crippen molar-refractivity contribution in [1.82, 2.24) is 0 Å². The third-order valence-corrected chi connectivity index (χ3v) is 2.95. The van der Waals surface area contributed by atoms with Gasteiger partial charge in [0.2, 0.25) is 0 Å². The molecule has 0 spiro atoms. The summed E-state index contributed by atoms with van der Waals surface area (Å²) in [5, 5.41) is 22.0. The molecule has 2 rings (SSSR count). The Labute approximate surface area is 111 Å². The van der Waals surface area contributed by atoms with Gasteiger partial charge in [-0.2, -0.15) is 0 Å². The summed E-state index contributed by atoms with van der Waals surface area (Å²) in [4.78, 5) is 11.1. The van der Waals surface area contributed by atoms with Gasteiger partial charge in [-0.05, 0) is 24.6 Å². The van der Waals surface area contributed by atoms with E-state index in [1.54, 1.807) is 30.3 Å². The van der Waals surface area contributed by atoms with Crippen molar-refractivity contribution in [3.8, 4) is 5.75 Å². The van der Waals surface area contributed by atoms with Crippen LogP contribution in [0.4, 0.5) is 5.69 Å². The van der Waals surface area contributed by atoms with Crippen LogP contribution in [-0.4, -0.2) is 16.2 Å². The van der Waals surface area contributed by atoms with Crippen LogP contribution in [0.3, 0.4) is 0 Å². The first-order valence-corrected chi connectivity index (χ1v) is 5.93. The van der Waals surface area contributed by atoms with Crippen molar-refractivity contribution in [1.29, 1.82) is 0 Å². The summed E-state index contributed by atoms with van der Waals surface area (Å²) in [6.07, 6.45) is 0. The summed E-state index contributed by atoms with van der Waals surface area (Å²) in [6.45, 7) is 2.20. The number of carboxylic acid groups (broad SMARTS) is 1. The van der Waals surface area contributed by atoms with Crippen molar-refractivity contribution in [3.63, 3.8) is 0 Å². The zero-order chi connectivity index (χ0) is 13.8. The fourth-order valence-electron chi connectivity index (χ4n) is 1.88. The predicted octanol–water partition coefficient (Wildman–Crippen LogP) is 3.01. The van der Waals surface area contributed by atoms with Gasteiger partial charge in [-0.1, -0.05) is 30.3 Å². The molecule has 98 valence electrons. The molecule has 3 N–H and O–H groups in total. The van der Waals surface area contributed by atoms with Crippen molar-refractivity contribution in [3.05, 3.63) is 59.2 Å². The highest BCUT2D eigenvalue weighted by atomic mass is 16.4. The van der Waals surface area contributed by atoms with E-state index in [1.165, 1.54) is 0 Å². The van der Waals surface area contributed by atoms with Gasteiger partial charge in [-0.25, -0.2) is 4.79 Å². The van der Waals surface area contributed by atoms with E-state index in [1.807, 2.05) is 19.1 Å². The number of aromatic carboxylic acids is 1. The standard InChI is InChI=1S/C15H15NO3/c1-10-5-4-6-11(14(10)17)9-16-13-8-3-2-7-12(13)15(18)19/h2-8,16-17H,9H2,1H3,(H,18,19). The number of phenols is 1. The Bertz CT molecular complexity index is 608. The maximum atomic E-state index is 11.1. The Hall–Kier alpha value is -2.49. The highest BCUT2D eigenvalue weighted by molar-refractivity contribution is 5.94. The van der Waals surface area contributed by atoms with Crippen LogP contribution in [0, 0.1) is 6.92 Å². The first kappa shape index (κ1) is 13.0. The van der Waals surface area contributed by atoms with Crippen LogP contribution in [0.15, 0.2) is 42.5 Å². The largest absolute Gasteiger partial charge is 0.507 e. The highest BCUT2D eigenvalue weighted by Crippen LogP contribution is 2.23. The molecule has 0 aliphatic carbocycles. The first-order valence-electron chi connectivity index (χ1n) is 5.93. The maximum absolute atomic E-state index is 11.1. The molecule has 0 atom stereocenters. The molecule has 0 saturated carbocycles. The van der Waals surface area contributed by atoms with E-state index in [4.69, 9.17) is 5.11 Å². The third kappa shape index (κ3) is 2.85. The molecule has 0 aliphatic rings. The van der Waals surface area contributed by atoms with Crippen LogP contribution in [0.1, 0.15) is 21.5 Å². The van der Waals surface area contributed by atoms with Gasteiger partial charge < -0.3 is 15.5 Å². The number of phenolic OH excluding ortho intramolecular Hbond substituents is 1. The number of benzene rings is 2. The molecule has 0 aliphatic heterocycles. The van der Waals surface area contributed by atoms with Gasteiger partial charge in [0.1, 0.15) is 5.75 Å². The van der Waals surface area contributed by atoms with Gasteiger partial charge in [0.15, 0.2) is 0 Å². The molecule has 0 radical (unpaired) electrons. The molecule has 0 bridgehead atoms. The van der Waals surface area contributed by atoms with Crippen molar-refractivity contribution >= 4 is 11.7 Å². The number of hydrogen-bond acceptors (Lipinski definition) is 3. The third-order valence-electron chi connectivity index (χ3n) is 2.95. The van der Waals surface area contributed by atoms with Crippen molar-refractivity contribution in [2.45, 2.75) is 13.5 Å². The zero-order valence-corrected chi connectivity index (χ0v) is 10.6. The van der Waals surface area contributed by atoms with Gasteiger partial charge in [0.05, 0.1) is 5.56 Å². The molecule has 0 aromatic heterocycles. The van der Waals surface area contributed by atoms with Gasteiger partial charge in [-0.3, -0.25) is 0 Å². The Morgan fingerprint density at radius 1 is 1.16 bits per heavy atom. The highest BCUT2D eigenvalue weighted by Gasteiger charge is 2.09. The van der Waals surface area contributed by atoms with Crippen LogP contribution < -0.4 is 5.32 Å². The molecule has 0 heterocycles. The predicted molar refractivity (Wildman–Crippen MR) is 73.6 cm³/mol. The number of anilines is 1. The zero-order valence-electron chi connectivity index (χ0n) is 10.6. The van der Waals surface area contributed by atoms with Crippen LogP contribution in [0.2, 0.25) is 0 Å². The second kappa shape index (κ2) is 5.44. The minimum absolute atomic E-state index is 0.217. The summed E-state index contributed by atoms with van der Waals surface area (Å²) >= 11 is 0. The minimum Gasteiger partial charge on any atom is -0.507 e. The first-order chi connectivity index (χ1) is 9.09. The smallest absolute Gasteiger partial charge is 0.337 e. The second-order valence-electron chi connectivity index (χ2n) is 4.29. The Morgan fingerprint density at radius 2 is 1.89 bits per heavy atom. The Kier molecular flexibility index (Phi) is 3.71. The molecule has 2 aromatic carbocycles. The van der Waals surface area contributed by atoms with Crippen LogP contribution in [-0.2, 0) is 6.54 Å². The molecule has 4 heteroatoms. The molecule has 2 aromatic rings. The van der Waals surface area contributed by atoms with Crippen molar-refractivity contribution < 1.29 is 15.0 Å². The number of carbonyl (C=O) groups is 1. The topological polar surface area (TPSA) is 69.6 Å². The summed E-state index contributed by atoms with van der Waals surface area (Å²) in [5.74, 6) is -0.737. The molecule has 19 heavy (non-hydrogen) atoms. The molecular formula is C15H15NO3. The number of aromatic hydroxyl groups is 1. The monoisotopic (exact) mass is 257 g/mol. The van der Waals surface area contributed by atoms with Crippen LogP contribution in [0.5, 0.6) is 5.75 Å². The van der Waals surface area contributed by atoms with Gasteiger partial charge in [0, 0.05) is 17.8 Å². The van der Waals surface area contributed by atoms with E-state index in [-0.39, 0.29) is 11.3 Å². The van der Waals surface area contributed by atoms with E-state index < -0.39 is 5.97 Å². The molecule has 0 unspecified atom stereocenters. The van der Waals surface area contributed by atoms with Gasteiger partial charge in [0.25, 0.3) is 0 Å².